The van der Waals surface area contributed by atoms with Crippen molar-refractivity contribution < 1.29 is 8.91 Å². The molecule has 0 saturated heterocycles. The molecule has 0 radical (unpaired) electrons. The molecule has 124 valence electrons. The van der Waals surface area contributed by atoms with Gasteiger partial charge in [-0.2, -0.15) is 4.98 Å². The van der Waals surface area contributed by atoms with E-state index in [2.05, 4.69) is 25.4 Å². The maximum absolute atomic E-state index is 13.8. The average Bonchev–Trinajstić information content (AvgIpc) is 3.30. The number of anilines is 2. The molecule has 4 aromatic rings. The number of benzene rings is 1. The van der Waals surface area contributed by atoms with E-state index in [0.29, 0.717) is 34.3 Å². The van der Waals surface area contributed by atoms with Crippen LogP contribution in [0.2, 0.25) is 0 Å². The maximum atomic E-state index is 13.8. The van der Waals surface area contributed by atoms with Crippen LogP contribution < -0.4 is 5.32 Å². The standard InChI is InChI=1S/C17H12FN5OS/c1-10-12(18)4-2-5-13(10)21-15-11(8-19-9-20-15)17-22-16(23-24-17)14-6-3-7-25-14/h2-9H,1H3,(H,19,20,21). The molecular weight excluding hydrogens is 341 g/mol. The van der Waals surface area contributed by atoms with E-state index in [0.717, 1.165) is 4.88 Å². The fourth-order valence-corrected chi connectivity index (χ4v) is 2.94. The van der Waals surface area contributed by atoms with Crippen LogP contribution in [-0.2, 0) is 0 Å². The smallest absolute Gasteiger partial charge is 0.263 e. The monoisotopic (exact) mass is 353 g/mol. The summed E-state index contributed by atoms with van der Waals surface area (Å²) < 4.78 is 19.1. The molecule has 0 aliphatic rings. The zero-order valence-corrected chi connectivity index (χ0v) is 13.9. The van der Waals surface area contributed by atoms with E-state index in [1.54, 1.807) is 25.3 Å². The summed E-state index contributed by atoms with van der Waals surface area (Å²) in [4.78, 5) is 13.6. The van der Waals surface area contributed by atoms with Gasteiger partial charge in [-0.05, 0) is 30.5 Å². The lowest BCUT2D eigenvalue weighted by Gasteiger charge is -2.10. The maximum Gasteiger partial charge on any atom is 0.263 e. The predicted octanol–water partition coefficient (Wildman–Crippen LogP) is 4.45. The molecule has 0 spiro atoms. The SMILES string of the molecule is Cc1c(F)cccc1Nc1ncncc1-c1nc(-c2cccs2)no1. The van der Waals surface area contributed by atoms with Crippen molar-refractivity contribution >= 4 is 22.8 Å². The molecule has 0 amide bonds. The molecule has 8 heteroatoms. The van der Waals surface area contributed by atoms with Crippen LogP contribution >= 0.6 is 11.3 Å². The molecule has 1 aromatic carbocycles. The molecule has 3 aromatic heterocycles. The minimum atomic E-state index is -0.293. The summed E-state index contributed by atoms with van der Waals surface area (Å²) in [5.74, 6) is 0.964. The average molecular weight is 353 g/mol. The first kappa shape index (κ1) is 15.4. The lowest BCUT2D eigenvalue weighted by molar-refractivity contribution is 0.432. The van der Waals surface area contributed by atoms with E-state index in [-0.39, 0.29) is 5.82 Å². The Hall–Kier alpha value is -3.13. The van der Waals surface area contributed by atoms with Gasteiger partial charge in [-0.3, -0.25) is 0 Å². The Morgan fingerprint density at radius 1 is 1.20 bits per heavy atom. The third-order valence-electron chi connectivity index (χ3n) is 3.63. The predicted molar refractivity (Wildman–Crippen MR) is 93.1 cm³/mol. The molecule has 0 unspecified atom stereocenters. The zero-order chi connectivity index (χ0) is 17.2. The van der Waals surface area contributed by atoms with Crippen molar-refractivity contribution in [2.45, 2.75) is 6.92 Å². The van der Waals surface area contributed by atoms with Crippen LogP contribution in [0.25, 0.3) is 22.2 Å². The molecule has 6 nitrogen and oxygen atoms in total. The number of halogens is 1. The van der Waals surface area contributed by atoms with E-state index < -0.39 is 0 Å². The highest BCUT2D eigenvalue weighted by Gasteiger charge is 2.17. The first-order valence-electron chi connectivity index (χ1n) is 7.42. The lowest BCUT2D eigenvalue weighted by atomic mass is 10.2. The van der Waals surface area contributed by atoms with E-state index in [1.807, 2.05) is 17.5 Å². The van der Waals surface area contributed by atoms with Crippen LogP contribution in [0.4, 0.5) is 15.9 Å². The Labute approximate surface area is 146 Å². The molecule has 4 rings (SSSR count). The normalized spacial score (nSPS) is 10.8. The minimum Gasteiger partial charge on any atom is -0.339 e. The van der Waals surface area contributed by atoms with Gasteiger partial charge in [0.1, 0.15) is 23.5 Å². The van der Waals surface area contributed by atoms with Gasteiger partial charge in [0.2, 0.25) is 5.82 Å². The molecule has 0 atom stereocenters. The van der Waals surface area contributed by atoms with Gasteiger partial charge < -0.3 is 9.84 Å². The molecule has 1 N–H and O–H groups in total. The van der Waals surface area contributed by atoms with E-state index in [4.69, 9.17) is 4.52 Å². The highest BCUT2D eigenvalue weighted by Crippen LogP contribution is 2.30. The van der Waals surface area contributed by atoms with Crippen molar-refractivity contribution in [1.29, 1.82) is 0 Å². The summed E-state index contributed by atoms with van der Waals surface area (Å²) in [6.45, 7) is 1.69. The fraction of sp³-hybridized carbons (Fsp3) is 0.0588. The molecule has 0 bridgehead atoms. The van der Waals surface area contributed by atoms with Crippen molar-refractivity contribution in [3.63, 3.8) is 0 Å². The summed E-state index contributed by atoms with van der Waals surface area (Å²) in [6, 6.07) is 8.65. The topological polar surface area (TPSA) is 76.7 Å². The third-order valence-corrected chi connectivity index (χ3v) is 4.50. The summed E-state index contributed by atoms with van der Waals surface area (Å²) in [6.07, 6.45) is 2.98. The van der Waals surface area contributed by atoms with Crippen LogP contribution in [-0.4, -0.2) is 20.1 Å². The number of thiophene rings is 1. The molecule has 0 saturated carbocycles. The summed E-state index contributed by atoms with van der Waals surface area (Å²) in [5, 5.41) is 9.04. The van der Waals surface area contributed by atoms with Gasteiger partial charge in [-0.25, -0.2) is 14.4 Å². The van der Waals surface area contributed by atoms with E-state index in [1.165, 1.54) is 23.7 Å². The highest BCUT2D eigenvalue weighted by molar-refractivity contribution is 7.13. The van der Waals surface area contributed by atoms with Crippen molar-refractivity contribution in [2.24, 2.45) is 0 Å². The Bertz CT molecular complexity index is 1020. The van der Waals surface area contributed by atoms with Gasteiger partial charge in [0, 0.05) is 17.4 Å². The summed E-state index contributed by atoms with van der Waals surface area (Å²) in [7, 11) is 0. The van der Waals surface area contributed by atoms with Crippen LogP contribution in [0.3, 0.4) is 0 Å². The van der Waals surface area contributed by atoms with Crippen molar-refractivity contribution in [1.82, 2.24) is 20.1 Å². The number of nitrogens with one attached hydrogen (secondary N) is 1. The summed E-state index contributed by atoms with van der Waals surface area (Å²) >= 11 is 1.52. The summed E-state index contributed by atoms with van der Waals surface area (Å²) in [5.41, 5.74) is 1.65. The van der Waals surface area contributed by atoms with Gasteiger partial charge in [0.15, 0.2) is 0 Å². The van der Waals surface area contributed by atoms with Crippen molar-refractivity contribution in [3.8, 4) is 22.2 Å². The number of hydrogen-bond donors (Lipinski definition) is 1. The molecule has 0 aliphatic carbocycles. The van der Waals surface area contributed by atoms with Gasteiger partial charge in [0.05, 0.1) is 4.88 Å². The quantitative estimate of drug-likeness (QED) is 0.584. The van der Waals surface area contributed by atoms with Gasteiger partial charge >= 0.3 is 0 Å². The molecule has 0 fully saturated rings. The van der Waals surface area contributed by atoms with E-state index in [9.17, 15) is 4.39 Å². The van der Waals surface area contributed by atoms with Crippen molar-refractivity contribution in [2.75, 3.05) is 5.32 Å². The second kappa shape index (κ2) is 6.40. The number of hydrogen-bond acceptors (Lipinski definition) is 7. The Morgan fingerprint density at radius 3 is 2.96 bits per heavy atom. The number of aromatic nitrogens is 4. The van der Waals surface area contributed by atoms with Crippen LogP contribution in [0.5, 0.6) is 0 Å². The second-order valence-corrected chi connectivity index (χ2v) is 6.17. The number of rotatable bonds is 4. The van der Waals surface area contributed by atoms with Crippen LogP contribution in [0, 0.1) is 12.7 Å². The molecular formula is C17H12FN5OS. The van der Waals surface area contributed by atoms with Crippen molar-refractivity contribution in [3.05, 3.63) is 59.6 Å². The minimum absolute atomic E-state index is 0.292. The first-order valence-corrected chi connectivity index (χ1v) is 8.30. The molecule has 0 aliphatic heterocycles. The Balaban J connectivity index is 1.71. The second-order valence-electron chi connectivity index (χ2n) is 5.22. The van der Waals surface area contributed by atoms with Gasteiger partial charge in [-0.1, -0.05) is 17.3 Å². The molecule has 3 heterocycles. The van der Waals surface area contributed by atoms with E-state index >= 15 is 0 Å². The van der Waals surface area contributed by atoms with Gasteiger partial charge in [-0.15, -0.1) is 11.3 Å². The lowest BCUT2D eigenvalue weighted by Crippen LogP contribution is -2.00. The van der Waals surface area contributed by atoms with Gasteiger partial charge in [0.25, 0.3) is 5.89 Å². The number of nitrogens with zero attached hydrogens (tertiary/aromatic N) is 4. The molecule has 25 heavy (non-hydrogen) atoms. The zero-order valence-electron chi connectivity index (χ0n) is 13.1. The first-order chi connectivity index (χ1) is 12.2. The largest absolute Gasteiger partial charge is 0.339 e. The Morgan fingerprint density at radius 2 is 2.12 bits per heavy atom. The third kappa shape index (κ3) is 2.99. The highest BCUT2D eigenvalue weighted by atomic mass is 32.1. The fourth-order valence-electron chi connectivity index (χ4n) is 2.29. The van der Waals surface area contributed by atoms with Crippen LogP contribution in [0.1, 0.15) is 5.56 Å². The van der Waals surface area contributed by atoms with Crippen LogP contribution in [0.15, 0.2) is 52.8 Å². The Kier molecular flexibility index (Phi) is 3.95.